The van der Waals surface area contributed by atoms with Gasteiger partial charge in [0.25, 0.3) is 17.7 Å². The highest BCUT2D eigenvalue weighted by Gasteiger charge is 2.27. The Morgan fingerprint density at radius 1 is 0.714 bits per heavy atom. The first-order valence-electron chi connectivity index (χ1n) is 4.82. The molecule has 0 aromatic heterocycles. The number of hydrogen-bond acceptors (Lipinski definition) is 4. The molecule has 86 valence electrons. The zero-order valence-electron chi connectivity index (χ0n) is 8.69. The predicted octanol–water partition coefficient (Wildman–Crippen LogP) is 1.33. The SMILES string of the molecule is CCCCS(=O)(=O)S(=O)(=O)CCCC. The fraction of sp³-hybridized carbons (Fsp3) is 1.00. The van der Waals surface area contributed by atoms with Gasteiger partial charge in [0.05, 0.1) is 11.5 Å². The zero-order chi connectivity index (χ0) is 11.2. The van der Waals surface area contributed by atoms with Crippen LogP contribution in [-0.2, 0) is 17.7 Å². The second-order valence-corrected chi connectivity index (χ2v) is 9.33. The maximum atomic E-state index is 11.3. The summed E-state index contributed by atoms with van der Waals surface area (Å²) in [5, 5.41) is 0. The average molecular weight is 242 g/mol. The molecule has 0 unspecified atom stereocenters. The molecule has 0 amide bonds. The molecule has 0 aliphatic carbocycles. The Balaban J connectivity index is 4.55. The largest absolute Gasteiger partial charge is 0.253 e. The summed E-state index contributed by atoms with van der Waals surface area (Å²) >= 11 is 0. The van der Waals surface area contributed by atoms with Gasteiger partial charge in [-0.3, -0.25) is 0 Å². The summed E-state index contributed by atoms with van der Waals surface area (Å²) in [6, 6.07) is 0. The van der Waals surface area contributed by atoms with Gasteiger partial charge in [0.1, 0.15) is 0 Å². The van der Waals surface area contributed by atoms with Crippen molar-refractivity contribution in [3.8, 4) is 0 Å². The van der Waals surface area contributed by atoms with Crippen LogP contribution in [0, 0.1) is 0 Å². The van der Waals surface area contributed by atoms with E-state index >= 15 is 0 Å². The van der Waals surface area contributed by atoms with Crippen LogP contribution in [0.25, 0.3) is 0 Å². The van der Waals surface area contributed by atoms with Crippen LogP contribution < -0.4 is 0 Å². The Morgan fingerprint density at radius 2 is 1.00 bits per heavy atom. The Bertz CT molecular complexity index is 304. The van der Waals surface area contributed by atoms with Crippen molar-refractivity contribution in [2.75, 3.05) is 11.5 Å². The Hall–Kier alpha value is -0.100. The third-order valence-corrected chi connectivity index (χ3v) is 7.56. The topological polar surface area (TPSA) is 68.3 Å². The van der Waals surface area contributed by atoms with E-state index in [1.807, 2.05) is 13.8 Å². The summed E-state index contributed by atoms with van der Waals surface area (Å²) in [5.41, 5.74) is 0. The van der Waals surface area contributed by atoms with Crippen LogP contribution in [0.5, 0.6) is 0 Å². The second-order valence-electron chi connectivity index (χ2n) is 3.23. The van der Waals surface area contributed by atoms with E-state index in [2.05, 4.69) is 0 Å². The smallest absolute Gasteiger partial charge is 0.213 e. The lowest BCUT2D eigenvalue weighted by atomic mass is 10.4. The second kappa shape index (κ2) is 5.70. The molecule has 0 spiro atoms. The van der Waals surface area contributed by atoms with Crippen molar-refractivity contribution in [3.05, 3.63) is 0 Å². The summed E-state index contributed by atoms with van der Waals surface area (Å²) in [6.45, 7) is 3.66. The molecule has 0 radical (unpaired) electrons. The predicted molar refractivity (Wildman–Crippen MR) is 57.4 cm³/mol. The van der Waals surface area contributed by atoms with E-state index in [1.54, 1.807) is 0 Å². The number of unbranched alkanes of at least 4 members (excludes halogenated alkanes) is 2. The molecule has 0 aliphatic heterocycles. The van der Waals surface area contributed by atoms with Gasteiger partial charge in [-0.1, -0.05) is 26.7 Å². The average Bonchev–Trinajstić information content (AvgIpc) is 2.11. The Kier molecular flexibility index (Phi) is 5.66. The minimum absolute atomic E-state index is 0.241. The molecule has 0 heterocycles. The Labute approximate surface area is 85.9 Å². The van der Waals surface area contributed by atoms with Crippen LogP contribution >= 0.6 is 0 Å². The van der Waals surface area contributed by atoms with Crippen LogP contribution in [0.3, 0.4) is 0 Å². The normalized spacial score (nSPS) is 13.0. The first-order chi connectivity index (χ1) is 6.37. The van der Waals surface area contributed by atoms with E-state index in [0.29, 0.717) is 25.7 Å². The molecule has 0 aromatic carbocycles. The summed E-state index contributed by atoms with van der Waals surface area (Å²) in [7, 11) is -7.84. The first-order valence-corrected chi connectivity index (χ1v) is 8.65. The molecule has 0 saturated carbocycles. The summed E-state index contributed by atoms with van der Waals surface area (Å²) in [4.78, 5) is 0. The molecular formula is C8H18O4S2. The first kappa shape index (κ1) is 13.9. The van der Waals surface area contributed by atoms with Crippen LogP contribution in [0.2, 0.25) is 0 Å². The Morgan fingerprint density at radius 3 is 1.21 bits per heavy atom. The number of rotatable bonds is 7. The van der Waals surface area contributed by atoms with Crippen molar-refractivity contribution in [1.29, 1.82) is 0 Å². The van der Waals surface area contributed by atoms with Gasteiger partial charge >= 0.3 is 0 Å². The van der Waals surface area contributed by atoms with Crippen molar-refractivity contribution in [1.82, 2.24) is 0 Å². The molecule has 14 heavy (non-hydrogen) atoms. The van der Waals surface area contributed by atoms with Gasteiger partial charge in [-0.25, -0.2) is 16.8 Å². The minimum atomic E-state index is -3.92. The van der Waals surface area contributed by atoms with Crippen LogP contribution in [0.1, 0.15) is 39.5 Å². The van der Waals surface area contributed by atoms with Gasteiger partial charge in [-0.05, 0) is 12.8 Å². The standard InChI is InChI=1S/C8H18O4S2/c1-3-5-7-13(9,10)14(11,12)8-6-4-2/h3-8H2,1-2H3. The molecule has 0 aromatic rings. The fourth-order valence-electron chi connectivity index (χ4n) is 0.896. The van der Waals surface area contributed by atoms with Gasteiger partial charge in [0, 0.05) is 0 Å². The highest BCUT2D eigenvalue weighted by atomic mass is 33.2. The van der Waals surface area contributed by atoms with Crippen LogP contribution in [-0.4, -0.2) is 28.3 Å². The summed E-state index contributed by atoms with van der Waals surface area (Å²) in [5.74, 6) is -0.481. The van der Waals surface area contributed by atoms with Gasteiger partial charge in [0.2, 0.25) is 0 Å². The number of hydrogen-bond donors (Lipinski definition) is 0. The van der Waals surface area contributed by atoms with E-state index in [0.717, 1.165) is 0 Å². The van der Waals surface area contributed by atoms with Crippen molar-refractivity contribution in [2.24, 2.45) is 0 Å². The van der Waals surface area contributed by atoms with E-state index in [1.165, 1.54) is 0 Å². The molecule has 4 nitrogen and oxygen atoms in total. The van der Waals surface area contributed by atoms with E-state index < -0.39 is 17.7 Å². The van der Waals surface area contributed by atoms with Crippen LogP contribution in [0.15, 0.2) is 0 Å². The lowest BCUT2D eigenvalue weighted by molar-refractivity contribution is 0.579. The van der Waals surface area contributed by atoms with Gasteiger partial charge < -0.3 is 0 Å². The third-order valence-electron chi connectivity index (χ3n) is 1.88. The molecule has 0 atom stereocenters. The molecule has 0 saturated heterocycles. The maximum absolute atomic E-state index is 11.3. The van der Waals surface area contributed by atoms with Gasteiger partial charge in [0.15, 0.2) is 0 Å². The molecule has 0 bridgehead atoms. The lowest BCUT2D eigenvalue weighted by Gasteiger charge is -2.04. The zero-order valence-corrected chi connectivity index (χ0v) is 10.3. The third kappa shape index (κ3) is 3.96. The quantitative estimate of drug-likeness (QED) is 0.632. The molecule has 0 rings (SSSR count). The van der Waals surface area contributed by atoms with Gasteiger partial charge in [-0.15, -0.1) is 0 Å². The highest BCUT2D eigenvalue weighted by molar-refractivity contribution is 8.67. The monoisotopic (exact) mass is 242 g/mol. The molecule has 0 aliphatic rings. The molecular weight excluding hydrogens is 224 g/mol. The van der Waals surface area contributed by atoms with E-state index in [9.17, 15) is 16.8 Å². The maximum Gasteiger partial charge on any atom is 0.253 e. The van der Waals surface area contributed by atoms with Crippen LogP contribution in [0.4, 0.5) is 0 Å². The van der Waals surface area contributed by atoms with Crippen molar-refractivity contribution >= 4 is 17.7 Å². The molecule has 0 N–H and O–H groups in total. The lowest BCUT2D eigenvalue weighted by Crippen LogP contribution is -2.21. The summed E-state index contributed by atoms with van der Waals surface area (Å²) in [6.07, 6.45) is 2.19. The van der Waals surface area contributed by atoms with E-state index in [4.69, 9.17) is 0 Å². The summed E-state index contributed by atoms with van der Waals surface area (Å²) < 4.78 is 45.3. The van der Waals surface area contributed by atoms with Gasteiger partial charge in [-0.2, -0.15) is 0 Å². The molecule has 6 heteroatoms. The fourth-order valence-corrected chi connectivity index (χ4v) is 4.92. The van der Waals surface area contributed by atoms with E-state index in [-0.39, 0.29) is 11.5 Å². The van der Waals surface area contributed by atoms with Crippen molar-refractivity contribution in [2.45, 2.75) is 39.5 Å². The highest BCUT2D eigenvalue weighted by Crippen LogP contribution is 2.09. The van der Waals surface area contributed by atoms with Crippen molar-refractivity contribution in [3.63, 3.8) is 0 Å². The minimum Gasteiger partial charge on any atom is -0.213 e. The van der Waals surface area contributed by atoms with Crippen molar-refractivity contribution < 1.29 is 16.8 Å². The molecule has 0 fully saturated rings.